The smallest absolute Gasteiger partial charge is 0.259 e. The zero-order chi connectivity index (χ0) is 18.1. The standard InChI is InChI=1S/C18H21N3O4/c1-11-9-19-10-15(16(11)22)18(24)21-6-4-20(5-7-21)17(23)14-8-12(2)25-13(14)3/h8-10H,4-7H2,1-3H3,(H,19,22). The van der Waals surface area contributed by atoms with Crippen molar-refractivity contribution in [1.29, 1.82) is 0 Å². The average molecular weight is 343 g/mol. The number of amides is 2. The van der Waals surface area contributed by atoms with Gasteiger partial charge in [-0.15, -0.1) is 0 Å². The molecule has 2 aromatic rings. The normalized spacial score (nSPS) is 14.7. The number of aromatic amines is 1. The zero-order valence-corrected chi connectivity index (χ0v) is 14.6. The van der Waals surface area contributed by atoms with Gasteiger partial charge in [-0.3, -0.25) is 14.4 Å². The number of carbonyl (C=O) groups is 2. The summed E-state index contributed by atoms with van der Waals surface area (Å²) >= 11 is 0. The third kappa shape index (κ3) is 3.22. The van der Waals surface area contributed by atoms with E-state index in [0.717, 1.165) is 0 Å². The van der Waals surface area contributed by atoms with Gasteiger partial charge in [0.25, 0.3) is 11.8 Å². The first-order valence-electron chi connectivity index (χ1n) is 8.21. The van der Waals surface area contributed by atoms with Crippen molar-refractivity contribution < 1.29 is 14.0 Å². The Kier molecular flexibility index (Phi) is 4.48. The Morgan fingerprint density at radius 2 is 1.52 bits per heavy atom. The van der Waals surface area contributed by atoms with Crippen LogP contribution < -0.4 is 5.43 Å². The molecule has 0 saturated carbocycles. The van der Waals surface area contributed by atoms with E-state index in [0.29, 0.717) is 48.8 Å². The van der Waals surface area contributed by atoms with Crippen LogP contribution in [0.15, 0.2) is 27.7 Å². The number of nitrogens with one attached hydrogen (secondary N) is 1. The van der Waals surface area contributed by atoms with E-state index in [2.05, 4.69) is 4.98 Å². The number of pyridine rings is 1. The van der Waals surface area contributed by atoms with E-state index in [1.165, 1.54) is 6.20 Å². The Balaban J connectivity index is 1.68. The zero-order valence-electron chi connectivity index (χ0n) is 14.6. The molecule has 0 atom stereocenters. The number of H-pyrrole nitrogens is 1. The van der Waals surface area contributed by atoms with Gasteiger partial charge in [-0.1, -0.05) is 0 Å². The third-order valence-corrected chi connectivity index (χ3v) is 4.49. The number of carbonyl (C=O) groups excluding carboxylic acids is 2. The Bertz CT molecular complexity index is 873. The number of hydrogen-bond donors (Lipinski definition) is 1. The molecule has 1 aliphatic heterocycles. The molecule has 0 aromatic carbocycles. The predicted molar refractivity (Wildman–Crippen MR) is 91.8 cm³/mol. The minimum atomic E-state index is -0.299. The van der Waals surface area contributed by atoms with Gasteiger partial charge in [-0.2, -0.15) is 0 Å². The summed E-state index contributed by atoms with van der Waals surface area (Å²) in [5.74, 6) is 0.919. The second-order valence-corrected chi connectivity index (χ2v) is 6.29. The molecular formula is C18H21N3O4. The number of nitrogens with zero attached hydrogens (tertiary/aromatic N) is 2. The van der Waals surface area contributed by atoms with Crippen LogP contribution in [0.2, 0.25) is 0 Å². The first kappa shape index (κ1) is 17.0. The van der Waals surface area contributed by atoms with Crippen LogP contribution in [0.5, 0.6) is 0 Å². The Morgan fingerprint density at radius 3 is 2.04 bits per heavy atom. The molecule has 1 fully saturated rings. The van der Waals surface area contributed by atoms with Crippen molar-refractivity contribution >= 4 is 11.8 Å². The molecule has 0 aliphatic carbocycles. The second kappa shape index (κ2) is 6.58. The minimum Gasteiger partial charge on any atom is -0.466 e. The molecule has 1 aliphatic rings. The average Bonchev–Trinajstić information content (AvgIpc) is 2.94. The first-order chi connectivity index (χ1) is 11.9. The van der Waals surface area contributed by atoms with Gasteiger partial charge in [0.2, 0.25) is 0 Å². The number of aryl methyl sites for hydroxylation is 3. The number of rotatable bonds is 2. The lowest BCUT2D eigenvalue weighted by Gasteiger charge is -2.34. The number of furan rings is 1. The van der Waals surface area contributed by atoms with Crippen LogP contribution in [0.4, 0.5) is 0 Å². The quantitative estimate of drug-likeness (QED) is 0.895. The molecule has 0 spiro atoms. The minimum absolute atomic E-state index is 0.0881. The molecule has 0 bridgehead atoms. The molecule has 3 rings (SSSR count). The molecule has 7 nitrogen and oxygen atoms in total. The number of piperazine rings is 1. The Morgan fingerprint density at radius 1 is 0.960 bits per heavy atom. The van der Waals surface area contributed by atoms with Crippen LogP contribution >= 0.6 is 0 Å². The van der Waals surface area contributed by atoms with Crippen LogP contribution in [0, 0.1) is 20.8 Å². The van der Waals surface area contributed by atoms with Gasteiger partial charge in [0.05, 0.1) is 5.56 Å². The summed E-state index contributed by atoms with van der Waals surface area (Å²) in [6.07, 6.45) is 3.01. The van der Waals surface area contributed by atoms with Gasteiger partial charge in [-0.25, -0.2) is 0 Å². The van der Waals surface area contributed by atoms with Crippen molar-refractivity contribution in [3.8, 4) is 0 Å². The molecule has 25 heavy (non-hydrogen) atoms. The Labute approximate surface area is 145 Å². The maximum absolute atomic E-state index is 12.6. The van der Waals surface area contributed by atoms with Crippen LogP contribution in [0.1, 0.15) is 37.8 Å². The molecule has 7 heteroatoms. The fourth-order valence-electron chi connectivity index (χ4n) is 3.05. The van der Waals surface area contributed by atoms with Crippen LogP contribution in [-0.4, -0.2) is 52.8 Å². The third-order valence-electron chi connectivity index (χ3n) is 4.49. The lowest BCUT2D eigenvalue weighted by atomic mass is 10.1. The van der Waals surface area contributed by atoms with Crippen LogP contribution in [0.3, 0.4) is 0 Å². The predicted octanol–water partition coefficient (Wildman–Crippen LogP) is 1.49. The van der Waals surface area contributed by atoms with Crippen molar-refractivity contribution in [2.75, 3.05) is 26.2 Å². The van der Waals surface area contributed by atoms with E-state index in [4.69, 9.17) is 4.42 Å². The van der Waals surface area contributed by atoms with Crippen LogP contribution in [0.25, 0.3) is 0 Å². The maximum Gasteiger partial charge on any atom is 0.259 e. The van der Waals surface area contributed by atoms with Gasteiger partial charge in [0.1, 0.15) is 17.1 Å². The van der Waals surface area contributed by atoms with E-state index >= 15 is 0 Å². The van der Waals surface area contributed by atoms with Crippen molar-refractivity contribution in [3.63, 3.8) is 0 Å². The summed E-state index contributed by atoms with van der Waals surface area (Å²) in [6, 6.07) is 1.74. The molecule has 1 saturated heterocycles. The van der Waals surface area contributed by atoms with Crippen molar-refractivity contribution in [2.24, 2.45) is 0 Å². The molecular weight excluding hydrogens is 322 g/mol. The molecule has 0 radical (unpaired) electrons. The Hall–Kier alpha value is -2.83. The summed E-state index contributed by atoms with van der Waals surface area (Å²) in [6.45, 7) is 6.89. The van der Waals surface area contributed by atoms with E-state index in [1.807, 2.05) is 0 Å². The number of hydrogen-bond acceptors (Lipinski definition) is 4. The second-order valence-electron chi connectivity index (χ2n) is 6.29. The summed E-state index contributed by atoms with van der Waals surface area (Å²) in [7, 11) is 0. The molecule has 2 amide bonds. The molecule has 3 heterocycles. The fourth-order valence-corrected chi connectivity index (χ4v) is 3.05. The van der Waals surface area contributed by atoms with E-state index in [9.17, 15) is 14.4 Å². The van der Waals surface area contributed by atoms with E-state index < -0.39 is 0 Å². The summed E-state index contributed by atoms with van der Waals surface area (Å²) in [4.78, 5) is 43.4. The van der Waals surface area contributed by atoms with Crippen molar-refractivity contribution in [3.05, 3.63) is 56.9 Å². The van der Waals surface area contributed by atoms with Crippen molar-refractivity contribution in [2.45, 2.75) is 20.8 Å². The van der Waals surface area contributed by atoms with Gasteiger partial charge in [0, 0.05) is 44.1 Å². The highest BCUT2D eigenvalue weighted by molar-refractivity contribution is 5.96. The van der Waals surface area contributed by atoms with E-state index in [1.54, 1.807) is 42.8 Å². The highest BCUT2D eigenvalue weighted by atomic mass is 16.3. The largest absolute Gasteiger partial charge is 0.466 e. The van der Waals surface area contributed by atoms with Gasteiger partial charge in [-0.05, 0) is 26.8 Å². The maximum atomic E-state index is 12.6. The lowest BCUT2D eigenvalue weighted by Crippen LogP contribution is -2.51. The highest BCUT2D eigenvalue weighted by Gasteiger charge is 2.28. The number of aromatic nitrogens is 1. The topological polar surface area (TPSA) is 86.6 Å². The van der Waals surface area contributed by atoms with Crippen molar-refractivity contribution in [1.82, 2.24) is 14.8 Å². The molecule has 2 aromatic heterocycles. The first-order valence-corrected chi connectivity index (χ1v) is 8.21. The summed E-state index contributed by atoms with van der Waals surface area (Å²) in [5, 5.41) is 0. The van der Waals surface area contributed by atoms with E-state index in [-0.39, 0.29) is 22.8 Å². The lowest BCUT2D eigenvalue weighted by molar-refractivity contribution is 0.0533. The van der Waals surface area contributed by atoms with Gasteiger partial charge >= 0.3 is 0 Å². The molecule has 1 N–H and O–H groups in total. The molecule has 0 unspecified atom stereocenters. The SMILES string of the molecule is Cc1cc(C(=O)N2CCN(C(=O)c3c[nH]cc(C)c3=O)CC2)c(C)o1. The highest BCUT2D eigenvalue weighted by Crippen LogP contribution is 2.17. The molecule has 132 valence electrons. The summed E-state index contributed by atoms with van der Waals surface area (Å²) < 4.78 is 5.42. The summed E-state index contributed by atoms with van der Waals surface area (Å²) in [5.41, 5.74) is 0.950. The van der Waals surface area contributed by atoms with Crippen LogP contribution in [-0.2, 0) is 0 Å². The van der Waals surface area contributed by atoms with Gasteiger partial charge in [0.15, 0.2) is 5.43 Å². The fraction of sp³-hybridized carbons (Fsp3) is 0.389. The monoisotopic (exact) mass is 343 g/mol. The van der Waals surface area contributed by atoms with Gasteiger partial charge < -0.3 is 19.2 Å².